The molecule has 1 fully saturated rings. The molecule has 1 rings (SSSR count). The Morgan fingerprint density at radius 3 is 2.38 bits per heavy atom. The highest BCUT2D eigenvalue weighted by atomic mass is 32.2. The molecule has 0 saturated heterocycles. The lowest BCUT2D eigenvalue weighted by Crippen LogP contribution is -2.45. The second kappa shape index (κ2) is 5.98. The van der Waals surface area contributed by atoms with Crippen molar-refractivity contribution in [3.05, 3.63) is 0 Å². The van der Waals surface area contributed by atoms with Gasteiger partial charge in [-0.05, 0) is 26.8 Å². The molecule has 1 saturated carbocycles. The predicted octanol–water partition coefficient (Wildman–Crippen LogP) is 1.19. The normalized spacial score (nSPS) is 21.2. The Morgan fingerprint density at radius 1 is 1.31 bits per heavy atom. The van der Waals surface area contributed by atoms with Crippen LogP contribution in [0.1, 0.15) is 39.0 Å². The Morgan fingerprint density at radius 2 is 1.88 bits per heavy atom. The number of nitrogens with one attached hydrogen (secondary N) is 1. The monoisotopic (exact) mass is 248 g/mol. The highest BCUT2D eigenvalue weighted by molar-refractivity contribution is 7.89. The lowest BCUT2D eigenvalue weighted by molar-refractivity contribution is 0.283. The zero-order chi connectivity index (χ0) is 12.2. The van der Waals surface area contributed by atoms with Crippen LogP contribution >= 0.6 is 0 Å². The maximum Gasteiger partial charge on any atom is 0.217 e. The first-order valence-corrected chi connectivity index (χ1v) is 7.62. The second-order valence-corrected chi connectivity index (χ2v) is 7.13. The first-order valence-electron chi connectivity index (χ1n) is 6.11. The Bertz CT molecular complexity index is 297. The minimum absolute atomic E-state index is 0.220. The van der Waals surface area contributed by atoms with Crippen LogP contribution in [0, 0.1) is 0 Å². The van der Waals surface area contributed by atoms with Gasteiger partial charge in [-0.1, -0.05) is 19.3 Å². The molecular formula is C11H24N2O2S. The van der Waals surface area contributed by atoms with Gasteiger partial charge in [-0.2, -0.15) is 0 Å². The van der Waals surface area contributed by atoms with Gasteiger partial charge >= 0.3 is 0 Å². The second-order valence-electron chi connectivity index (χ2n) is 4.72. The molecule has 0 bridgehead atoms. The van der Waals surface area contributed by atoms with Gasteiger partial charge in [0.2, 0.25) is 10.0 Å². The summed E-state index contributed by atoms with van der Waals surface area (Å²) in [7, 11) is 0.388. The molecule has 96 valence electrons. The van der Waals surface area contributed by atoms with E-state index < -0.39 is 10.0 Å². The van der Waals surface area contributed by atoms with Gasteiger partial charge in [0.15, 0.2) is 0 Å². The number of rotatable bonds is 5. The summed E-state index contributed by atoms with van der Waals surface area (Å²) in [5, 5.41) is 2.58. The van der Waals surface area contributed by atoms with Gasteiger partial charge in [-0.25, -0.2) is 12.7 Å². The summed E-state index contributed by atoms with van der Waals surface area (Å²) in [6, 6.07) is 0.220. The Labute approximate surface area is 99.5 Å². The van der Waals surface area contributed by atoms with Gasteiger partial charge in [-0.15, -0.1) is 0 Å². The number of hydrogen-bond donors (Lipinski definition) is 1. The van der Waals surface area contributed by atoms with E-state index in [1.54, 1.807) is 25.3 Å². The summed E-state index contributed by atoms with van der Waals surface area (Å²) in [5.41, 5.74) is 0. The molecule has 1 aliphatic carbocycles. The lowest BCUT2D eigenvalue weighted by Gasteiger charge is -2.32. The molecule has 16 heavy (non-hydrogen) atoms. The fourth-order valence-corrected chi connectivity index (χ4v) is 3.90. The van der Waals surface area contributed by atoms with Crippen LogP contribution in [0.4, 0.5) is 0 Å². The van der Waals surface area contributed by atoms with Crippen molar-refractivity contribution in [3.63, 3.8) is 0 Å². The highest BCUT2D eigenvalue weighted by Crippen LogP contribution is 2.24. The Balaban J connectivity index is 2.66. The van der Waals surface area contributed by atoms with E-state index in [2.05, 4.69) is 5.32 Å². The molecule has 0 amide bonds. The maximum atomic E-state index is 12.2. The van der Waals surface area contributed by atoms with Gasteiger partial charge < -0.3 is 5.32 Å². The highest BCUT2D eigenvalue weighted by Gasteiger charge is 2.31. The van der Waals surface area contributed by atoms with E-state index >= 15 is 0 Å². The summed E-state index contributed by atoms with van der Waals surface area (Å²) >= 11 is 0. The standard InChI is InChI=1S/C11H24N2O2S/c1-10(9-12-2)16(14,15)13(3)11-7-5-4-6-8-11/h10-12H,4-9H2,1-3H3. The first kappa shape index (κ1) is 13.9. The summed E-state index contributed by atoms with van der Waals surface area (Å²) in [6.45, 7) is 2.28. The fourth-order valence-electron chi connectivity index (χ4n) is 2.33. The quantitative estimate of drug-likeness (QED) is 0.795. The molecule has 4 nitrogen and oxygen atoms in total. The van der Waals surface area contributed by atoms with Crippen LogP contribution in [0.5, 0.6) is 0 Å². The Hall–Kier alpha value is -0.130. The van der Waals surface area contributed by atoms with E-state index in [0.717, 1.165) is 25.7 Å². The lowest BCUT2D eigenvalue weighted by atomic mass is 9.96. The minimum atomic E-state index is -3.13. The zero-order valence-electron chi connectivity index (χ0n) is 10.6. The van der Waals surface area contributed by atoms with E-state index in [-0.39, 0.29) is 11.3 Å². The summed E-state index contributed by atoms with van der Waals surface area (Å²) in [5.74, 6) is 0. The van der Waals surface area contributed by atoms with Crippen molar-refractivity contribution in [3.8, 4) is 0 Å². The zero-order valence-corrected chi connectivity index (χ0v) is 11.4. The third-order valence-corrected chi connectivity index (χ3v) is 5.77. The molecule has 0 aromatic rings. The van der Waals surface area contributed by atoms with Crippen LogP contribution in [0.15, 0.2) is 0 Å². The largest absolute Gasteiger partial charge is 0.318 e. The van der Waals surface area contributed by atoms with Crippen LogP contribution in [-0.2, 0) is 10.0 Å². The van der Waals surface area contributed by atoms with Crippen molar-refractivity contribution < 1.29 is 8.42 Å². The van der Waals surface area contributed by atoms with Crippen LogP contribution in [0.3, 0.4) is 0 Å². The molecular weight excluding hydrogens is 224 g/mol. The number of sulfonamides is 1. The van der Waals surface area contributed by atoms with Crippen LogP contribution in [-0.4, -0.2) is 44.7 Å². The van der Waals surface area contributed by atoms with Crippen molar-refractivity contribution in [2.75, 3.05) is 20.6 Å². The average molecular weight is 248 g/mol. The van der Waals surface area contributed by atoms with Gasteiger partial charge in [0.25, 0.3) is 0 Å². The minimum Gasteiger partial charge on any atom is -0.318 e. The van der Waals surface area contributed by atoms with Crippen LogP contribution in [0.25, 0.3) is 0 Å². The van der Waals surface area contributed by atoms with Crippen LogP contribution in [0.2, 0.25) is 0 Å². The molecule has 0 radical (unpaired) electrons. The molecule has 1 unspecified atom stereocenters. The molecule has 0 aromatic heterocycles. The Kier molecular flexibility index (Phi) is 5.21. The van der Waals surface area contributed by atoms with Gasteiger partial charge in [0, 0.05) is 19.6 Å². The molecule has 1 N–H and O–H groups in total. The SMILES string of the molecule is CNCC(C)S(=O)(=O)N(C)C1CCCCC1. The smallest absolute Gasteiger partial charge is 0.217 e. The summed E-state index contributed by atoms with van der Waals surface area (Å²) < 4.78 is 26.0. The molecule has 5 heteroatoms. The van der Waals surface area contributed by atoms with E-state index in [4.69, 9.17) is 0 Å². The average Bonchev–Trinajstić information content (AvgIpc) is 2.29. The summed E-state index contributed by atoms with van der Waals surface area (Å²) in [6.07, 6.45) is 5.59. The fraction of sp³-hybridized carbons (Fsp3) is 1.00. The third kappa shape index (κ3) is 3.18. The van der Waals surface area contributed by atoms with Crippen molar-refractivity contribution in [2.45, 2.75) is 50.3 Å². The van der Waals surface area contributed by atoms with Crippen molar-refractivity contribution in [2.24, 2.45) is 0 Å². The predicted molar refractivity (Wildman–Crippen MR) is 66.9 cm³/mol. The van der Waals surface area contributed by atoms with Crippen molar-refractivity contribution >= 4 is 10.0 Å². The maximum absolute atomic E-state index is 12.2. The van der Waals surface area contributed by atoms with Crippen molar-refractivity contribution in [1.82, 2.24) is 9.62 Å². The molecule has 0 heterocycles. The molecule has 1 aliphatic rings. The number of hydrogen-bond acceptors (Lipinski definition) is 3. The molecule has 0 spiro atoms. The van der Waals surface area contributed by atoms with E-state index in [1.807, 2.05) is 0 Å². The van der Waals surface area contributed by atoms with Crippen molar-refractivity contribution in [1.29, 1.82) is 0 Å². The van der Waals surface area contributed by atoms with Gasteiger partial charge in [-0.3, -0.25) is 0 Å². The van der Waals surface area contributed by atoms with E-state index in [0.29, 0.717) is 6.54 Å². The third-order valence-electron chi connectivity index (χ3n) is 3.49. The molecule has 0 aliphatic heterocycles. The van der Waals surface area contributed by atoms with E-state index in [1.165, 1.54) is 6.42 Å². The van der Waals surface area contributed by atoms with Crippen LogP contribution < -0.4 is 5.32 Å². The topological polar surface area (TPSA) is 49.4 Å². The van der Waals surface area contributed by atoms with Gasteiger partial charge in [0.05, 0.1) is 5.25 Å². The summed E-state index contributed by atoms with van der Waals surface area (Å²) in [4.78, 5) is 0. The first-order chi connectivity index (χ1) is 7.50. The number of nitrogens with zero attached hydrogens (tertiary/aromatic N) is 1. The van der Waals surface area contributed by atoms with E-state index in [9.17, 15) is 8.42 Å². The molecule has 1 atom stereocenters. The van der Waals surface area contributed by atoms with Gasteiger partial charge in [0.1, 0.15) is 0 Å². The molecule has 0 aromatic carbocycles.